The van der Waals surface area contributed by atoms with Gasteiger partial charge in [-0.2, -0.15) is 4.98 Å². The molecule has 3 rings (SSSR count). The van der Waals surface area contributed by atoms with Gasteiger partial charge in [-0.25, -0.2) is 0 Å². The normalized spacial score (nSPS) is 14.8. The standard InChI is InChI=1S/C16H21N5O3.ClH/c17-9-14(22)18-10-15-19-16(20-24-15)13-3-1-2-12(8-13)11-21-4-6-23-7-5-21;/h1-3,8H,4-7,9-11,17H2,(H,18,22);1H. The number of nitrogens with two attached hydrogens (primary N) is 1. The lowest BCUT2D eigenvalue weighted by atomic mass is 10.1. The number of benzene rings is 1. The molecule has 1 aromatic carbocycles. The molecule has 0 unspecified atom stereocenters. The van der Waals surface area contributed by atoms with E-state index in [4.69, 9.17) is 15.0 Å². The second-order valence-corrected chi connectivity index (χ2v) is 5.58. The number of rotatable bonds is 6. The highest BCUT2D eigenvalue weighted by atomic mass is 35.5. The Morgan fingerprint density at radius 1 is 1.32 bits per heavy atom. The fourth-order valence-corrected chi connectivity index (χ4v) is 2.52. The Bertz CT molecular complexity index is 688. The number of aromatic nitrogens is 2. The lowest BCUT2D eigenvalue weighted by Gasteiger charge is -2.26. The van der Waals surface area contributed by atoms with Gasteiger partial charge in [0.15, 0.2) is 0 Å². The molecular weight excluding hydrogens is 346 g/mol. The smallest absolute Gasteiger partial charge is 0.246 e. The number of halogens is 1. The number of nitrogens with zero attached hydrogens (tertiary/aromatic N) is 3. The maximum Gasteiger partial charge on any atom is 0.246 e. The number of ether oxygens (including phenoxy) is 1. The van der Waals surface area contributed by atoms with Crippen molar-refractivity contribution in [2.75, 3.05) is 32.8 Å². The number of carbonyl (C=O) groups is 1. The quantitative estimate of drug-likeness (QED) is 0.768. The lowest BCUT2D eigenvalue weighted by molar-refractivity contribution is -0.120. The maximum atomic E-state index is 11.2. The van der Waals surface area contributed by atoms with Gasteiger partial charge in [-0.3, -0.25) is 9.69 Å². The number of hydrogen-bond donors (Lipinski definition) is 2. The van der Waals surface area contributed by atoms with Crippen molar-refractivity contribution in [3.63, 3.8) is 0 Å². The second-order valence-electron chi connectivity index (χ2n) is 5.58. The summed E-state index contributed by atoms with van der Waals surface area (Å²) in [5.74, 6) is 0.600. The van der Waals surface area contributed by atoms with Gasteiger partial charge in [-0.05, 0) is 11.6 Å². The molecule has 0 bridgehead atoms. The Hall–Kier alpha value is -2.00. The third-order valence-corrected chi connectivity index (χ3v) is 3.79. The first-order valence-electron chi connectivity index (χ1n) is 7.93. The van der Waals surface area contributed by atoms with Gasteiger partial charge < -0.3 is 20.3 Å². The van der Waals surface area contributed by atoms with Crippen molar-refractivity contribution >= 4 is 18.3 Å². The maximum absolute atomic E-state index is 11.2. The van der Waals surface area contributed by atoms with Crippen molar-refractivity contribution in [2.24, 2.45) is 5.73 Å². The molecule has 0 aliphatic carbocycles. The Morgan fingerprint density at radius 2 is 2.12 bits per heavy atom. The van der Waals surface area contributed by atoms with Crippen LogP contribution >= 0.6 is 12.4 Å². The molecule has 1 aliphatic heterocycles. The summed E-state index contributed by atoms with van der Waals surface area (Å²) in [4.78, 5) is 17.8. The summed E-state index contributed by atoms with van der Waals surface area (Å²) < 4.78 is 10.5. The van der Waals surface area contributed by atoms with Crippen molar-refractivity contribution in [3.8, 4) is 11.4 Å². The summed E-state index contributed by atoms with van der Waals surface area (Å²) in [6.45, 7) is 4.43. The molecule has 1 fully saturated rings. The van der Waals surface area contributed by atoms with E-state index in [0.717, 1.165) is 38.4 Å². The summed E-state index contributed by atoms with van der Waals surface area (Å²) in [5.41, 5.74) is 7.32. The molecule has 8 nitrogen and oxygen atoms in total. The minimum absolute atomic E-state index is 0. The molecule has 0 saturated carbocycles. The first kappa shape index (κ1) is 19.3. The summed E-state index contributed by atoms with van der Waals surface area (Å²) in [6.07, 6.45) is 0. The molecule has 1 aliphatic rings. The molecule has 136 valence electrons. The Balaban J connectivity index is 0.00000225. The van der Waals surface area contributed by atoms with Gasteiger partial charge in [-0.1, -0.05) is 23.4 Å². The van der Waals surface area contributed by atoms with Crippen molar-refractivity contribution in [1.29, 1.82) is 0 Å². The summed E-state index contributed by atoms with van der Waals surface area (Å²) in [7, 11) is 0. The van der Waals surface area contributed by atoms with E-state index in [0.29, 0.717) is 11.7 Å². The van der Waals surface area contributed by atoms with Crippen LogP contribution in [0.2, 0.25) is 0 Å². The van der Waals surface area contributed by atoms with Gasteiger partial charge in [0.25, 0.3) is 0 Å². The van der Waals surface area contributed by atoms with Gasteiger partial charge in [0.1, 0.15) is 0 Å². The van der Waals surface area contributed by atoms with Crippen LogP contribution in [0, 0.1) is 0 Å². The molecule has 0 radical (unpaired) electrons. The molecule has 2 heterocycles. The topological polar surface area (TPSA) is 107 Å². The lowest BCUT2D eigenvalue weighted by Crippen LogP contribution is -2.35. The summed E-state index contributed by atoms with van der Waals surface area (Å²) in [6, 6.07) is 8.07. The minimum atomic E-state index is -0.262. The minimum Gasteiger partial charge on any atom is -0.379 e. The number of hydrogen-bond acceptors (Lipinski definition) is 7. The van der Waals surface area contributed by atoms with E-state index in [2.05, 4.69) is 32.5 Å². The van der Waals surface area contributed by atoms with E-state index in [1.165, 1.54) is 5.56 Å². The highest BCUT2D eigenvalue weighted by molar-refractivity contribution is 5.85. The van der Waals surface area contributed by atoms with Gasteiger partial charge in [0.2, 0.25) is 17.6 Å². The van der Waals surface area contributed by atoms with Crippen LogP contribution < -0.4 is 11.1 Å². The zero-order valence-electron chi connectivity index (χ0n) is 13.8. The molecule has 1 saturated heterocycles. The van der Waals surface area contributed by atoms with Crippen LogP contribution in [0.1, 0.15) is 11.5 Å². The Labute approximate surface area is 152 Å². The molecule has 3 N–H and O–H groups in total. The van der Waals surface area contributed by atoms with Gasteiger partial charge in [-0.15, -0.1) is 12.4 Å². The van der Waals surface area contributed by atoms with Crippen molar-refractivity contribution < 1.29 is 14.1 Å². The zero-order valence-corrected chi connectivity index (χ0v) is 14.6. The average Bonchev–Trinajstić information content (AvgIpc) is 3.10. The number of morpholine rings is 1. The Morgan fingerprint density at radius 3 is 2.88 bits per heavy atom. The predicted molar refractivity (Wildman–Crippen MR) is 94.0 cm³/mol. The third kappa shape index (κ3) is 5.50. The van der Waals surface area contributed by atoms with Crippen LogP contribution in [0.25, 0.3) is 11.4 Å². The molecule has 0 atom stereocenters. The average molecular weight is 368 g/mol. The van der Waals surface area contributed by atoms with E-state index in [1.54, 1.807) is 0 Å². The largest absolute Gasteiger partial charge is 0.379 e. The Kier molecular flexibility index (Phi) is 7.32. The molecular formula is C16H22ClN5O3. The van der Waals surface area contributed by atoms with E-state index >= 15 is 0 Å². The van der Waals surface area contributed by atoms with Crippen LogP contribution in [0.4, 0.5) is 0 Å². The van der Waals surface area contributed by atoms with E-state index in [9.17, 15) is 4.79 Å². The van der Waals surface area contributed by atoms with Crippen LogP contribution in [0.15, 0.2) is 28.8 Å². The van der Waals surface area contributed by atoms with Crippen LogP contribution in [0.3, 0.4) is 0 Å². The number of carbonyl (C=O) groups excluding carboxylic acids is 1. The fourth-order valence-electron chi connectivity index (χ4n) is 2.52. The predicted octanol–water partition coefficient (Wildman–Crippen LogP) is 0.565. The van der Waals surface area contributed by atoms with E-state index < -0.39 is 0 Å². The van der Waals surface area contributed by atoms with Gasteiger partial charge >= 0.3 is 0 Å². The molecule has 1 aromatic heterocycles. The van der Waals surface area contributed by atoms with Crippen LogP contribution in [0.5, 0.6) is 0 Å². The SMILES string of the molecule is Cl.NCC(=O)NCc1nc(-c2cccc(CN3CCOCC3)c2)no1. The number of amides is 1. The van der Waals surface area contributed by atoms with Crippen LogP contribution in [-0.2, 0) is 22.6 Å². The summed E-state index contributed by atoms with van der Waals surface area (Å²) in [5, 5.41) is 6.58. The highest BCUT2D eigenvalue weighted by Gasteiger charge is 2.13. The zero-order chi connectivity index (χ0) is 16.8. The van der Waals surface area contributed by atoms with E-state index in [-0.39, 0.29) is 31.4 Å². The monoisotopic (exact) mass is 367 g/mol. The fraction of sp³-hybridized carbons (Fsp3) is 0.438. The molecule has 1 amide bonds. The highest BCUT2D eigenvalue weighted by Crippen LogP contribution is 2.18. The first-order chi connectivity index (χ1) is 11.7. The molecule has 9 heteroatoms. The third-order valence-electron chi connectivity index (χ3n) is 3.79. The van der Waals surface area contributed by atoms with E-state index in [1.807, 2.05) is 12.1 Å². The van der Waals surface area contributed by atoms with Gasteiger partial charge in [0, 0.05) is 25.2 Å². The summed E-state index contributed by atoms with van der Waals surface area (Å²) >= 11 is 0. The molecule has 2 aromatic rings. The number of nitrogens with one attached hydrogen (secondary N) is 1. The van der Waals surface area contributed by atoms with Crippen molar-refractivity contribution in [3.05, 3.63) is 35.7 Å². The van der Waals surface area contributed by atoms with Crippen LogP contribution in [-0.4, -0.2) is 53.8 Å². The first-order valence-corrected chi connectivity index (χ1v) is 7.93. The van der Waals surface area contributed by atoms with Crippen molar-refractivity contribution in [1.82, 2.24) is 20.4 Å². The van der Waals surface area contributed by atoms with Crippen molar-refractivity contribution in [2.45, 2.75) is 13.1 Å². The molecule has 25 heavy (non-hydrogen) atoms. The van der Waals surface area contributed by atoms with Gasteiger partial charge in [0.05, 0.1) is 26.3 Å². The second kappa shape index (κ2) is 9.47. The molecule has 0 spiro atoms.